The second-order valence-electron chi connectivity index (χ2n) is 2.47. The number of hydrogen-bond acceptors (Lipinski definition) is 3. The van der Waals surface area contributed by atoms with Crippen molar-refractivity contribution in [3.63, 3.8) is 0 Å². The molecule has 0 aliphatic carbocycles. The highest BCUT2D eigenvalue weighted by molar-refractivity contribution is 8.17. The number of aliphatic imine (C=N–C) groups is 1. The lowest BCUT2D eigenvalue weighted by atomic mass is 10.1. The van der Waals surface area contributed by atoms with Gasteiger partial charge in [0.15, 0.2) is 4.50 Å². The largest absolute Gasteiger partial charge is 0.380 e. The van der Waals surface area contributed by atoms with Gasteiger partial charge in [-0.1, -0.05) is 23.4 Å². The van der Waals surface area contributed by atoms with E-state index in [9.17, 15) is 0 Å². The molecule has 2 unspecified atom stereocenters. The van der Waals surface area contributed by atoms with Crippen LogP contribution in [0.2, 0.25) is 0 Å². The highest BCUT2D eigenvalue weighted by Crippen LogP contribution is 2.32. The van der Waals surface area contributed by atoms with Crippen molar-refractivity contribution in [3.05, 3.63) is 0 Å². The predicted molar refractivity (Wildman–Crippen MR) is 43.9 cm³/mol. The van der Waals surface area contributed by atoms with Crippen molar-refractivity contribution in [3.8, 4) is 0 Å². The van der Waals surface area contributed by atoms with Crippen molar-refractivity contribution in [2.24, 2.45) is 4.99 Å². The first kappa shape index (κ1) is 6.95. The van der Waals surface area contributed by atoms with Crippen molar-refractivity contribution in [1.82, 2.24) is 0 Å². The summed E-state index contributed by atoms with van der Waals surface area (Å²) >= 11 is 7.38. The Kier molecular flexibility index (Phi) is 1.89. The molecule has 2 rings (SSSR count). The summed E-state index contributed by atoms with van der Waals surface area (Å²) in [6.07, 6.45) is 1.04. The van der Waals surface area contributed by atoms with E-state index in [0.717, 1.165) is 19.6 Å². The summed E-state index contributed by atoms with van der Waals surface area (Å²) in [7, 11) is 0. The van der Waals surface area contributed by atoms with Crippen molar-refractivity contribution in [2.45, 2.75) is 17.7 Å². The van der Waals surface area contributed by atoms with Crippen LogP contribution in [0.1, 0.15) is 6.42 Å². The number of halogens is 1. The molecule has 1 saturated heterocycles. The molecule has 1 fully saturated rings. The maximum atomic E-state index is 5.74. The van der Waals surface area contributed by atoms with Crippen LogP contribution in [-0.2, 0) is 4.74 Å². The van der Waals surface area contributed by atoms with Gasteiger partial charge in [0.25, 0.3) is 0 Å². The molecule has 0 amide bonds. The van der Waals surface area contributed by atoms with Crippen molar-refractivity contribution in [1.29, 1.82) is 0 Å². The molecule has 0 aromatic heterocycles. The number of ether oxygens (including phenoxy) is 1. The molecule has 2 atom stereocenters. The lowest BCUT2D eigenvalue weighted by Gasteiger charge is -2.21. The van der Waals surface area contributed by atoms with Crippen molar-refractivity contribution < 1.29 is 4.74 Å². The summed E-state index contributed by atoms with van der Waals surface area (Å²) in [4.78, 5) is 4.28. The summed E-state index contributed by atoms with van der Waals surface area (Å²) in [5, 5.41) is 0.501. The summed E-state index contributed by atoms with van der Waals surface area (Å²) < 4.78 is 5.99. The molecule has 0 spiro atoms. The highest BCUT2D eigenvalue weighted by Gasteiger charge is 2.31. The maximum Gasteiger partial charge on any atom is 0.158 e. The zero-order valence-corrected chi connectivity index (χ0v) is 6.99. The molecule has 0 radical (unpaired) electrons. The zero-order valence-electron chi connectivity index (χ0n) is 5.42. The van der Waals surface area contributed by atoms with E-state index in [-0.39, 0.29) is 0 Å². The van der Waals surface area contributed by atoms with Crippen LogP contribution in [0.25, 0.3) is 0 Å². The van der Waals surface area contributed by atoms with Crippen LogP contribution in [0, 0.1) is 0 Å². The van der Waals surface area contributed by atoms with Crippen LogP contribution in [0.5, 0.6) is 0 Å². The molecule has 0 saturated carbocycles. The first-order valence-electron chi connectivity index (χ1n) is 3.34. The van der Waals surface area contributed by atoms with Crippen molar-refractivity contribution in [2.75, 3.05) is 13.2 Å². The maximum absolute atomic E-state index is 5.74. The molecule has 0 aromatic carbocycles. The van der Waals surface area contributed by atoms with E-state index in [1.807, 2.05) is 0 Å². The molecule has 0 aromatic rings. The first-order valence-corrected chi connectivity index (χ1v) is 4.60. The average molecular weight is 178 g/mol. The Labute approximate surface area is 69.0 Å². The Hall–Kier alpha value is 0.270. The van der Waals surface area contributed by atoms with Gasteiger partial charge in [-0.25, -0.2) is 0 Å². The summed E-state index contributed by atoms with van der Waals surface area (Å²) in [6.45, 7) is 1.66. The van der Waals surface area contributed by atoms with Gasteiger partial charge in [-0.05, 0) is 6.42 Å². The molecular weight excluding hydrogens is 170 g/mol. The Balaban J connectivity index is 2.06. The summed E-state index contributed by atoms with van der Waals surface area (Å²) in [5.41, 5.74) is 0. The minimum atomic E-state index is 0.436. The molecular formula is C6H8ClNOS. The van der Waals surface area contributed by atoms with Crippen LogP contribution in [0.4, 0.5) is 0 Å². The van der Waals surface area contributed by atoms with Gasteiger partial charge in [0.1, 0.15) is 0 Å². The van der Waals surface area contributed by atoms with Crippen LogP contribution in [0.3, 0.4) is 0 Å². The Bertz CT molecular complexity index is 173. The van der Waals surface area contributed by atoms with Crippen LogP contribution in [0.15, 0.2) is 4.99 Å². The monoisotopic (exact) mass is 177 g/mol. The van der Waals surface area contributed by atoms with Gasteiger partial charge in [-0.3, -0.25) is 4.99 Å². The molecule has 2 aliphatic heterocycles. The third-order valence-electron chi connectivity index (χ3n) is 1.79. The van der Waals surface area contributed by atoms with E-state index in [1.54, 1.807) is 11.8 Å². The number of nitrogens with zero attached hydrogens (tertiary/aromatic N) is 1. The molecule has 2 nitrogen and oxygen atoms in total. The van der Waals surface area contributed by atoms with E-state index in [0.29, 0.717) is 15.8 Å². The fourth-order valence-electron chi connectivity index (χ4n) is 1.25. The minimum Gasteiger partial charge on any atom is -0.380 e. The number of thioether (sulfide) groups is 1. The third-order valence-corrected chi connectivity index (χ3v) is 3.20. The molecule has 0 bridgehead atoms. The normalized spacial score (nSPS) is 39.1. The standard InChI is InChI=1S/C6H8ClNOS/c7-6-8-4-1-2-9-3-5(4)10-6/h4-5H,1-3H2. The molecule has 2 heterocycles. The van der Waals surface area contributed by atoms with Gasteiger partial charge in [0.05, 0.1) is 17.9 Å². The Morgan fingerprint density at radius 3 is 3.40 bits per heavy atom. The van der Waals surface area contributed by atoms with E-state index in [4.69, 9.17) is 16.3 Å². The molecule has 2 aliphatic rings. The second kappa shape index (κ2) is 2.72. The fraction of sp³-hybridized carbons (Fsp3) is 0.833. The van der Waals surface area contributed by atoms with Crippen LogP contribution in [-0.4, -0.2) is 29.0 Å². The predicted octanol–water partition coefficient (Wildman–Crippen LogP) is 1.49. The van der Waals surface area contributed by atoms with Gasteiger partial charge < -0.3 is 4.74 Å². The molecule has 10 heavy (non-hydrogen) atoms. The smallest absolute Gasteiger partial charge is 0.158 e. The molecule has 56 valence electrons. The van der Waals surface area contributed by atoms with E-state index in [2.05, 4.69) is 4.99 Å². The molecule has 4 heteroatoms. The highest BCUT2D eigenvalue weighted by atomic mass is 35.5. The number of fused-ring (bicyclic) bond motifs is 1. The SMILES string of the molecule is ClC1=NC2CCOCC2S1. The zero-order chi connectivity index (χ0) is 6.97. The third kappa shape index (κ3) is 1.18. The minimum absolute atomic E-state index is 0.436. The fourth-order valence-corrected chi connectivity index (χ4v) is 2.68. The average Bonchev–Trinajstić information content (AvgIpc) is 2.27. The van der Waals surface area contributed by atoms with Gasteiger partial charge in [0, 0.05) is 6.61 Å². The van der Waals surface area contributed by atoms with Gasteiger partial charge >= 0.3 is 0 Å². The summed E-state index contributed by atoms with van der Waals surface area (Å²) in [6, 6.07) is 0.436. The quantitative estimate of drug-likeness (QED) is 0.559. The number of rotatable bonds is 0. The van der Waals surface area contributed by atoms with Gasteiger partial charge in [0.2, 0.25) is 0 Å². The lowest BCUT2D eigenvalue weighted by Crippen LogP contribution is -2.30. The van der Waals surface area contributed by atoms with E-state index < -0.39 is 0 Å². The molecule has 0 N–H and O–H groups in total. The Morgan fingerprint density at radius 2 is 2.60 bits per heavy atom. The van der Waals surface area contributed by atoms with Crippen LogP contribution >= 0.6 is 23.4 Å². The number of hydrogen-bond donors (Lipinski definition) is 0. The topological polar surface area (TPSA) is 21.6 Å². The van der Waals surface area contributed by atoms with E-state index in [1.165, 1.54) is 0 Å². The van der Waals surface area contributed by atoms with E-state index >= 15 is 0 Å². The lowest BCUT2D eigenvalue weighted by molar-refractivity contribution is 0.0933. The van der Waals surface area contributed by atoms with Gasteiger partial charge in [-0.2, -0.15) is 0 Å². The van der Waals surface area contributed by atoms with Crippen molar-refractivity contribution >= 4 is 27.9 Å². The first-order chi connectivity index (χ1) is 4.86. The Morgan fingerprint density at radius 1 is 1.70 bits per heavy atom. The summed E-state index contributed by atoms with van der Waals surface area (Å²) in [5.74, 6) is 0. The second-order valence-corrected chi connectivity index (χ2v) is 4.28. The van der Waals surface area contributed by atoms with Gasteiger partial charge in [-0.15, -0.1) is 0 Å². The van der Waals surface area contributed by atoms with Crippen LogP contribution < -0.4 is 0 Å².